The van der Waals surface area contributed by atoms with Gasteiger partial charge in [0.25, 0.3) is 0 Å². The predicted molar refractivity (Wildman–Crippen MR) is 82.9 cm³/mol. The SMILES string of the molecule is CC(C)Oc1ncccc1CNCC1CCCCCC1. The maximum atomic E-state index is 5.76. The summed E-state index contributed by atoms with van der Waals surface area (Å²) >= 11 is 0. The van der Waals surface area contributed by atoms with Crippen LogP contribution in [-0.4, -0.2) is 17.6 Å². The molecule has 3 nitrogen and oxygen atoms in total. The molecule has 112 valence electrons. The predicted octanol–water partition coefficient (Wildman–Crippen LogP) is 3.93. The van der Waals surface area contributed by atoms with Crippen molar-refractivity contribution in [3.8, 4) is 5.88 Å². The van der Waals surface area contributed by atoms with E-state index in [-0.39, 0.29) is 6.10 Å². The van der Waals surface area contributed by atoms with Gasteiger partial charge in [-0.2, -0.15) is 0 Å². The molecule has 1 fully saturated rings. The maximum Gasteiger partial charge on any atom is 0.218 e. The summed E-state index contributed by atoms with van der Waals surface area (Å²) in [6, 6.07) is 4.08. The standard InChI is InChI=1S/C17H28N2O/c1-14(2)20-17-16(10-7-11-19-17)13-18-12-15-8-5-3-4-6-9-15/h7,10-11,14-15,18H,3-6,8-9,12-13H2,1-2H3. The van der Waals surface area contributed by atoms with Gasteiger partial charge in [0, 0.05) is 18.3 Å². The Kier molecular flexibility index (Phi) is 6.31. The average molecular weight is 276 g/mol. The number of rotatable bonds is 6. The lowest BCUT2D eigenvalue weighted by Gasteiger charge is -2.16. The Bertz CT molecular complexity index is 384. The van der Waals surface area contributed by atoms with Gasteiger partial charge in [0.1, 0.15) is 0 Å². The molecule has 20 heavy (non-hydrogen) atoms. The third-order valence-corrected chi connectivity index (χ3v) is 3.92. The second-order valence-corrected chi connectivity index (χ2v) is 6.12. The van der Waals surface area contributed by atoms with Gasteiger partial charge in [0.15, 0.2) is 0 Å². The fraction of sp³-hybridized carbons (Fsp3) is 0.706. The Morgan fingerprint density at radius 2 is 2.00 bits per heavy atom. The molecule has 1 N–H and O–H groups in total. The van der Waals surface area contributed by atoms with Crippen LogP contribution < -0.4 is 10.1 Å². The molecule has 1 heterocycles. The van der Waals surface area contributed by atoms with E-state index in [0.29, 0.717) is 0 Å². The number of hydrogen-bond donors (Lipinski definition) is 1. The second-order valence-electron chi connectivity index (χ2n) is 6.12. The zero-order valence-electron chi connectivity index (χ0n) is 12.9. The van der Waals surface area contributed by atoms with Crippen LogP contribution in [0.5, 0.6) is 5.88 Å². The maximum absolute atomic E-state index is 5.76. The van der Waals surface area contributed by atoms with E-state index in [0.717, 1.165) is 30.5 Å². The van der Waals surface area contributed by atoms with Crippen LogP contribution in [0, 0.1) is 5.92 Å². The molecule has 0 radical (unpaired) electrons. The number of pyridine rings is 1. The van der Waals surface area contributed by atoms with Gasteiger partial charge in [0.2, 0.25) is 5.88 Å². The molecule has 0 unspecified atom stereocenters. The van der Waals surface area contributed by atoms with Crippen molar-refractivity contribution in [2.75, 3.05) is 6.54 Å². The molecule has 3 heteroatoms. The van der Waals surface area contributed by atoms with Crippen molar-refractivity contribution in [3.63, 3.8) is 0 Å². The Hall–Kier alpha value is -1.09. The highest BCUT2D eigenvalue weighted by molar-refractivity contribution is 5.25. The molecule has 0 bridgehead atoms. The lowest BCUT2D eigenvalue weighted by atomic mass is 10.0. The van der Waals surface area contributed by atoms with Gasteiger partial charge in [-0.05, 0) is 45.2 Å². The van der Waals surface area contributed by atoms with E-state index >= 15 is 0 Å². The zero-order valence-corrected chi connectivity index (χ0v) is 12.9. The Morgan fingerprint density at radius 1 is 1.25 bits per heavy atom. The number of ether oxygens (including phenoxy) is 1. The van der Waals surface area contributed by atoms with Crippen LogP contribution in [-0.2, 0) is 6.54 Å². The van der Waals surface area contributed by atoms with E-state index < -0.39 is 0 Å². The van der Waals surface area contributed by atoms with Crippen LogP contribution in [0.15, 0.2) is 18.3 Å². The van der Waals surface area contributed by atoms with Gasteiger partial charge in [-0.15, -0.1) is 0 Å². The summed E-state index contributed by atoms with van der Waals surface area (Å²) in [5.41, 5.74) is 1.16. The van der Waals surface area contributed by atoms with Gasteiger partial charge in [-0.1, -0.05) is 31.7 Å². The van der Waals surface area contributed by atoms with E-state index in [4.69, 9.17) is 4.74 Å². The molecular formula is C17H28N2O. The second kappa shape index (κ2) is 8.25. The first-order chi connectivity index (χ1) is 9.75. The van der Waals surface area contributed by atoms with E-state index in [9.17, 15) is 0 Å². The van der Waals surface area contributed by atoms with Gasteiger partial charge >= 0.3 is 0 Å². The Balaban J connectivity index is 1.81. The lowest BCUT2D eigenvalue weighted by Crippen LogP contribution is -2.23. The van der Waals surface area contributed by atoms with E-state index in [1.165, 1.54) is 38.5 Å². The normalized spacial score (nSPS) is 17.1. The van der Waals surface area contributed by atoms with Crippen molar-refractivity contribution in [2.24, 2.45) is 5.92 Å². The quantitative estimate of drug-likeness (QED) is 0.799. The van der Waals surface area contributed by atoms with Crippen molar-refractivity contribution in [2.45, 2.75) is 65.0 Å². The third kappa shape index (κ3) is 5.12. The summed E-state index contributed by atoms with van der Waals surface area (Å²) < 4.78 is 5.76. The molecule has 2 rings (SSSR count). The molecule has 0 spiro atoms. The van der Waals surface area contributed by atoms with E-state index in [1.54, 1.807) is 6.20 Å². The number of hydrogen-bond acceptors (Lipinski definition) is 3. The highest BCUT2D eigenvalue weighted by atomic mass is 16.5. The fourth-order valence-corrected chi connectivity index (χ4v) is 2.87. The molecule has 0 aliphatic heterocycles. The minimum atomic E-state index is 0.172. The monoisotopic (exact) mass is 276 g/mol. The van der Waals surface area contributed by atoms with E-state index in [1.807, 2.05) is 19.9 Å². The first kappa shape index (κ1) is 15.3. The lowest BCUT2D eigenvalue weighted by molar-refractivity contribution is 0.229. The van der Waals surface area contributed by atoms with Crippen molar-refractivity contribution in [1.82, 2.24) is 10.3 Å². The summed E-state index contributed by atoms with van der Waals surface area (Å²) in [6.45, 7) is 6.05. The summed E-state index contributed by atoms with van der Waals surface area (Å²) in [7, 11) is 0. The molecule has 1 saturated carbocycles. The smallest absolute Gasteiger partial charge is 0.218 e. The van der Waals surface area contributed by atoms with Crippen LogP contribution in [0.1, 0.15) is 57.9 Å². The van der Waals surface area contributed by atoms with Crippen molar-refractivity contribution in [3.05, 3.63) is 23.9 Å². The topological polar surface area (TPSA) is 34.1 Å². The summed E-state index contributed by atoms with van der Waals surface area (Å²) in [6.07, 6.45) is 10.4. The highest BCUT2D eigenvalue weighted by Gasteiger charge is 2.12. The first-order valence-electron chi connectivity index (χ1n) is 8.07. The van der Waals surface area contributed by atoms with Crippen molar-refractivity contribution < 1.29 is 4.74 Å². The van der Waals surface area contributed by atoms with Gasteiger partial charge in [-0.25, -0.2) is 4.98 Å². The van der Waals surface area contributed by atoms with Crippen LogP contribution >= 0.6 is 0 Å². The first-order valence-corrected chi connectivity index (χ1v) is 8.07. The molecule has 1 aromatic heterocycles. The van der Waals surface area contributed by atoms with Crippen LogP contribution in [0.25, 0.3) is 0 Å². The van der Waals surface area contributed by atoms with Gasteiger partial charge < -0.3 is 10.1 Å². The van der Waals surface area contributed by atoms with Gasteiger partial charge in [-0.3, -0.25) is 0 Å². The minimum absolute atomic E-state index is 0.172. The molecule has 0 saturated heterocycles. The number of aromatic nitrogens is 1. The Morgan fingerprint density at radius 3 is 2.70 bits per heavy atom. The molecule has 1 aliphatic rings. The third-order valence-electron chi connectivity index (χ3n) is 3.92. The molecule has 0 amide bonds. The summed E-state index contributed by atoms with van der Waals surface area (Å²) in [5.74, 6) is 1.62. The molecular weight excluding hydrogens is 248 g/mol. The molecule has 0 aromatic carbocycles. The van der Waals surface area contributed by atoms with E-state index in [2.05, 4.69) is 16.4 Å². The van der Waals surface area contributed by atoms with Crippen molar-refractivity contribution in [1.29, 1.82) is 0 Å². The minimum Gasteiger partial charge on any atom is -0.475 e. The fourth-order valence-electron chi connectivity index (χ4n) is 2.87. The van der Waals surface area contributed by atoms with Crippen LogP contribution in [0.3, 0.4) is 0 Å². The van der Waals surface area contributed by atoms with Crippen molar-refractivity contribution >= 4 is 0 Å². The summed E-state index contributed by atoms with van der Waals surface area (Å²) in [4.78, 5) is 4.34. The summed E-state index contributed by atoms with van der Waals surface area (Å²) in [5, 5.41) is 3.59. The molecule has 1 aliphatic carbocycles. The van der Waals surface area contributed by atoms with Crippen LogP contribution in [0.4, 0.5) is 0 Å². The molecule has 0 atom stereocenters. The largest absolute Gasteiger partial charge is 0.475 e. The van der Waals surface area contributed by atoms with Crippen LogP contribution in [0.2, 0.25) is 0 Å². The molecule has 1 aromatic rings. The zero-order chi connectivity index (χ0) is 14.2. The van der Waals surface area contributed by atoms with Gasteiger partial charge in [0.05, 0.1) is 6.10 Å². The Labute approximate surface area is 123 Å². The average Bonchev–Trinajstić information content (AvgIpc) is 2.69. The highest BCUT2D eigenvalue weighted by Crippen LogP contribution is 2.22. The number of nitrogens with zero attached hydrogens (tertiary/aromatic N) is 1. The number of nitrogens with one attached hydrogen (secondary N) is 1.